The molecule has 3 heterocycles. The van der Waals surface area contributed by atoms with Crippen molar-refractivity contribution in [2.24, 2.45) is 11.8 Å². The molecule has 0 radical (unpaired) electrons. The summed E-state index contributed by atoms with van der Waals surface area (Å²) in [6.45, 7) is 3.28. The molecule has 3 aliphatic heterocycles. The van der Waals surface area contributed by atoms with E-state index in [0.29, 0.717) is 39.5 Å². The third-order valence-electron chi connectivity index (χ3n) is 7.92. The van der Waals surface area contributed by atoms with E-state index in [4.69, 9.17) is 11.6 Å². The first-order valence-electron chi connectivity index (χ1n) is 12.2. The minimum absolute atomic E-state index is 0.109. The van der Waals surface area contributed by atoms with E-state index in [-0.39, 0.29) is 17.6 Å². The standard InChI is InChI=1S/C29H24ClN3O4/c1-15-21(30)13-12-20-25(15)31-28(37)29(20)24-23(22(32-29)14-17-6-4-3-5-7-17)26(35)33(27(24)36)19-10-8-18(9-11-19)16(2)34/h3-13,22-24,32H,14H2,1-2H3,(H,31,37). The van der Waals surface area contributed by atoms with Crippen molar-refractivity contribution >= 4 is 46.5 Å². The fraction of sp³-hybridized carbons (Fsp3) is 0.241. The van der Waals surface area contributed by atoms with Crippen molar-refractivity contribution in [2.45, 2.75) is 31.8 Å². The molecule has 37 heavy (non-hydrogen) atoms. The van der Waals surface area contributed by atoms with E-state index >= 15 is 0 Å². The molecule has 3 aliphatic rings. The molecule has 2 fully saturated rings. The summed E-state index contributed by atoms with van der Waals surface area (Å²) in [6.07, 6.45) is 0.467. The molecule has 4 atom stereocenters. The molecule has 7 nitrogen and oxygen atoms in total. The summed E-state index contributed by atoms with van der Waals surface area (Å²) in [4.78, 5) is 54.7. The minimum atomic E-state index is -1.41. The summed E-state index contributed by atoms with van der Waals surface area (Å²) in [7, 11) is 0. The molecule has 2 saturated heterocycles. The van der Waals surface area contributed by atoms with E-state index in [1.807, 2.05) is 37.3 Å². The quantitative estimate of drug-likeness (QED) is 0.406. The SMILES string of the molecule is CC(=O)c1ccc(N2C(=O)C3C(Cc4ccccc4)NC4(C(=O)Nc5c4ccc(Cl)c5C)C3C2=O)cc1. The Labute approximate surface area is 218 Å². The normalized spacial score (nSPS) is 26.0. The molecule has 6 rings (SSSR count). The van der Waals surface area contributed by atoms with Crippen LogP contribution in [0.15, 0.2) is 66.7 Å². The number of anilines is 2. The van der Waals surface area contributed by atoms with Gasteiger partial charge in [-0.05, 0) is 61.7 Å². The summed E-state index contributed by atoms with van der Waals surface area (Å²) < 4.78 is 0. The lowest BCUT2D eigenvalue weighted by atomic mass is 9.76. The van der Waals surface area contributed by atoms with Crippen molar-refractivity contribution < 1.29 is 19.2 Å². The van der Waals surface area contributed by atoms with Gasteiger partial charge in [0.1, 0.15) is 5.54 Å². The van der Waals surface area contributed by atoms with Crippen molar-refractivity contribution in [1.29, 1.82) is 0 Å². The van der Waals surface area contributed by atoms with Crippen LogP contribution in [0.3, 0.4) is 0 Å². The highest BCUT2D eigenvalue weighted by Gasteiger charge is 2.70. The summed E-state index contributed by atoms with van der Waals surface area (Å²) in [5, 5.41) is 6.91. The van der Waals surface area contributed by atoms with E-state index in [1.54, 1.807) is 36.4 Å². The van der Waals surface area contributed by atoms with E-state index in [1.165, 1.54) is 11.8 Å². The Bertz CT molecular complexity index is 1490. The molecular weight excluding hydrogens is 490 g/mol. The predicted octanol–water partition coefficient (Wildman–Crippen LogP) is 4.02. The van der Waals surface area contributed by atoms with Gasteiger partial charge in [-0.1, -0.05) is 48.0 Å². The number of hydrogen-bond acceptors (Lipinski definition) is 5. The molecule has 0 aliphatic carbocycles. The first kappa shape index (κ1) is 23.6. The van der Waals surface area contributed by atoms with Gasteiger partial charge in [-0.3, -0.25) is 24.5 Å². The zero-order chi connectivity index (χ0) is 26.1. The third kappa shape index (κ3) is 3.31. The molecule has 0 aromatic heterocycles. The maximum absolute atomic E-state index is 14.1. The van der Waals surface area contributed by atoms with Crippen molar-refractivity contribution in [3.05, 3.63) is 94.0 Å². The smallest absolute Gasteiger partial charge is 0.250 e. The number of nitrogens with zero attached hydrogens (tertiary/aromatic N) is 1. The van der Waals surface area contributed by atoms with Crippen LogP contribution >= 0.6 is 11.6 Å². The molecule has 186 valence electrons. The Morgan fingerprint density at radius 2 is 1.68 bits per heavy atom. The van der Waals surface area contributed by atoms with Crippen LogP contribution in [-0.4, -0.2) is 29.5 Å². The van der Waals surface area contributed by atoms with Crippen LogP contribution in [0.25, 0.3) is 0 Å². The number of nitrogens with one attached hydrogen (secondary N) is 2. The fourth-order valence-corrected chi connectivity index (χ4v) is 6.29. The molecule has 3 aromatic carbocycles. The highest BCUT2D eigenvalue weighted by Crippen LogP contribution is 2.55. The largest absolute Gasteiger partial charge is 0.324 e. The molecular formula is C29H24ClN3O4. The second kappa shape index (κ2) is 8.36. The van der Waals surface area contributed by atoms with Gasteiger partial charge in [0.15, 0.2) is 5.78 Å². The highest BCUT2D eigenvalue weighted by atomic mass is 35.5. The number of Topliss-reactive ketones (excluding diaryl/α,β-unsaturated/α-hetero) is 1. The number of carbonyl (C=O) groups is 4. The fourth-order valence-electron chi connectivity index (χ4n) is 6.13. The van der Waals surface area contributed by atoms with Crippen LogP contribution in [0.4, 0.5) is 11.4 Å². The Balaban J connectivity index is 1.49. The van der Waals surface area contributed by atoms with Gasteiger partial charge in [0, 0.05) is 22.2 Å². The van der Waals surface area contributed by atoms with E-state index in [2.05, 4.69) is 10.6 Å². The molecule has 0 saturated carbocycles. The summed E-state index contributed by atoms with van der Waals surface area (Å²) >= 11 is 6.35. The molecule has 0 bridgehead atoms. The van der Waals surface area contributed by atoms with Gasteiger partial charge in [0.25, 0.3) is 0 Å². The van der Waals surface area contributed by atoms with Crippen LogP contribution < -0.4 is 15.5 Å². The average molecular weight is 514 g/mol. The molecule has 4 unspecified atom stereocenters. The zero-order valence-electron chi connectivity index (χ0n) is 20.2. The van der Waals surface area contributed by atoms with Crippen LogP contribution in [0.1, 0.15) is 34.0 Å². The van der Waals surface area contributed by atoms with Crippen molar-refractivity contribution in [1.82, 2.24) is 5.32 Å². The summed E-state index contributed by atoms with van der Waals surface area (Å²) in [5.74, 6) is -2.97. The van der Waals surface area contributed by atoms with Crippen molar-refractivity contribution in [3.63, 3.8) is 0 Å². The number of fused-ring (bicyclic) bond motifs is 4. The number of halogens is 1. The van der Waals surface area contributed by atoms with Crippen molar-refractivity contribution in [3.8, 4) is 0 Å². The van der Waals surface area contributed by atoms with Crippen LogP contribution in [0.5, 0.6) is 0 Å². The van der Waals surface area contributed by atoms with Gasteiger partial charge in [-0.2, -0.15) is 0 Å². The van der Waals surface area contributed by atoms with Crippen LogP contribution in [-0.2, 0) is 26.3 Å². The van der Waals surface area contributed by atoms with E-state index in [9.17, 15) is 19.2 Å². The molecule has 3 aromatic rings. The average Bonchev–Trinajstić information content (AvgIpc) is 3.47. The minimum Gasteiger partial charge on any atom is -0.324 e. The van der Waals surface area contributed by atoms with Crippen LogP contribution in [0.2, 0.25) is 5.02 Å². The maximum atomic E-state index is 14.1. The lowest BCUT2D eigenvalue weighted by molar-refractivity contribution is -0.130. The first-order valence-corrected chi connectivity index (χ1v) is 12.5. The topological polar surface area (TPSA) is 95.6 Å². The Morgan fingerprint density at radius 3 is 2.35 bits per heavy atom. The second-order valence-electron chi connectivity index (χ2n) is 9.92. The number of hydrogen-bond donors (Lipinski definition) is 2. The van der Waals surface area contributed by atoms with Gasteiger partial charge in [-0.15, -0.1) is 0 Å². The number of ketones is 1. The van der Waals surface area contributed by atoms with Gasteiger partial charge >= 0.3 is 0 Å². The lowest BCUT2D eigenvalue weighted by Gasteiger charge is -2.29. The van der Waals surface area contributed by atoms with E-state index < -0.39 is 29.3 Å². The summed E-state index contributed by atoms with van der Waals surface area (Å²) in [6, 6.07) is 19.1. The van der Waals surface area contributed by atoms with E-state index in [0.717, 1.165) is 5.56 Å². The highest BCUT2D eigenvalue weighted by molar-refractivity contribution is 6.32. The zero-order valence-corrected chi connectivity index (χ0v) is 21.0. The molecule has 8 heteroatoms. The monoisotopic (exact) mass is 513 g/mol. The van der Waals surface area contributed by atoms with Gasteiger partial charge in [-0.25, -0.2) is 4.90 Å². The van der Waals surface area contributed by atoms with Gasteiger partial charge < -0.3 is 5.32 Å². The Hall–Kier alpha value is -3.81. The lowest BCUT2D eigenvalue weighted by Crippen LogP contribution is -2.53. The maximum Gasteiger partial charge on any atom is 0.250 e. The number of rotatable bonds is 4. The van der Waals surface area contributed by atoms with Gasteiger partial charge in [0.2, 0.25) is 17.7 Å². The third-order valence-corrected chi connectivity index (χ3v) is 8.32. The Morgan fingerprint density at radius 1 is 0.973 bits per heavy atom. The molecule has 1 spiro atoms. The number of amides is 3. The van der Waals surface area contributed by atoms with Gasteiger partial charge in [0.05, 0.1) is 23.2 Å². The van der Waals surface area contributed by atoms with Crippen molar-refractivity contribution in [2.75, 3.05) is 10.2 Å². The first-order chi connectivity index (χ1) is 17.7. The summed E-state index contributed by atoms with van der Waals surface area (Å²) in [5.41, 5.74) is 2.37. The second-order valence-corrected chi connectivity index (χ2v) is 10.3. The van der Waals surface area contributed by atoms with Crippen LogP contribution in [0, 0.1) is 18.8 Å². The number of imide groups is 1. The number of benzene rings is 3. The molecule has 3 amide bonds. The molecule has 2 N–H and O–H groups in total. The predicted molar refractivity (Wildman–Crippen MR) is 139 cm³/mol. The Kier molecular flexibility index (Phi) is 5.33. The number of carbonyl (C=O) groups excluding carboxylic acids is 4.